The highest BCUT2D eigenvalue weighted by Crippen LogP contribution is 2.12. The molecule has 2 fully saturated rings. The van der Waals surface area contributed by atoms with E-state index in [1.54, 1.807) is 0 Å². The summed E-state index contributed by atoms with van der Waals surface area (Å²) in [6, 6.07) is 0. The van der Waals surface area contributed by atoms with Gasteiger partial charge in [-0.2, -0.15) is 0 Å². The van der Waals surface area contributed by atoms with Gasteiger partial charge in [-0.15, -0.1) is 0 Å². The molecule has 2 aliphatic heterocycles. The van der Waals surface area contributed by atoms with Crippen molar-refractivity contribution < 1.29 is 0 Å². The smallest absolute Gasteiger partial charge is 0.355 e. The fourth-order valence-electron chi connectivity index (χ4n) is 5.86. The van der Waals surface area contributed by atoms with Gasteiger partial charge in [-0.3, -0.25) is 13.7 Å². The van der Waals surface area contributed by atoms with Crippen molar-refractivity contribution in [3.8, 4) is 0 Å². The molecule has 0 radical (unpaired) electrons. The second-order valence-corrected chi connectivity index (χ2v) is 44.4. The van der Waals surface area contributed by atoms with Gasteiger partial charge in [0.15, 0.2) is 29.5 Å². The van der Waals surface area contributed by atoms with E-state index in [-0.39, 0.29) is 19.5 Å². The van der Waals surface area contributed by atoms with Crippen molar-refractivity contribution >= 4 is 105 Å². The Morgan fingerprint density at radius 2 is 1.87 bits per heavy atom. The lowest BCUT2D eigenvalue weighted by Crippen LogP contribution is -2.85. The van der Waals surface area contributed by atoms with E-state index in [1.165, 1.54) is 21.6 Å². The predicted molar refractivity (Wildman–Crippen MR) is 196 cm³/mol. The first-order chi connectivity index (χ1) is 18.0. The van der Waals surface area contributed by atoms with E-state index >= 15 is 0 Å². The maximum atomic E-state index is 4.23. The normalized spacial score (nSPS) is 32.2. The number of hydrogen-bond donors (Lipinski definition) is 8. The first kappa shape index (κ1) is 36.0. The van der Waals surface area contributed by atoms with Gasteiger partial charge in [0, 0.05) is 23.6 Å². The van der Waals surface area contributed by atoms with Crippen molar-refractivity contribution in [1.82, 2.24) is 64.6 Å². The van der Waals surface area contributed by atoms with Crippen LogP contribution >= 0.6 is 0 Å². The van der Waals surface area contributed by atoms with Crippen LogP contribution in [-0.2, 0) is 0 Å². The lowest BCUT2D eigenvalue weighted by atomic mass is 11.0. The van der Waals surface area contributed by atoms with Gasteiger partial charge in [-0.05, 0) is 67.7 Å². The van der Waals surface area contributed by atoms with Crippen LogP contribution in [0, 0.1) is 0 Å². The molecule has 2 aliphatic rings. The van der Waals surface area contributed by atoms with Gasteiger partial charge in [0.1, 0.15) is 0 Å². The Bertz CT molecular complexity index is 682. The minimum absolute atomic E-state index is 0.150. The van der Waals surface area contributed by atoms with Crippen LogP contribution in [0.15, 0.2) is 0 Å². The zero-order chi connectivity index (χ0) is 28.5. The maximum Gasteiger partial charge on any atom is 0.364 e. The Labute approximate surface area is 255 Å². The van der Waals surface area contributed by atoms with Crippen LogP contribution in [0.3, 0.4) is 0 Å². The first-order valence-corrected chi connectivity index (χ1v) is 32.0. The lowest BCUT2D eigenvalue weighted by Gasteiger charge is -2.52. The highest BCUT2D eigenvalue weighted by molar-refractivity contribution is 6.92. The molecule has 25 heteroatoms. The average Bonchev–Trinajstić information content (AvgIpc) is 2.89. The van der Waals surface area contributed by atoms with Gasteiger partial charge < -0.3 is 50.9 Å². The first-order valence-electron chi connectivity index (χ1n) is 14.0. The van der Waals surface area contributed by atoms with Crippen molar-refractivity contribution in [3.63, 3.8) is 0 Å². The standard InChI is InChI=1S/C13H60N14Si11/c1-14-36(23(6)11-24(7)38(16-3,18-29)22(4)5)27-32-21-37(12-28,15-2)26(33-27)10-17-35-19-30-13-34(9)20-31-25(35)8/h14-21,34-36H,10-13,30-33H2,1-9,28-29H3. The Morgan fingerprint density at radius 1 is 1.16 bits per heavy atom. The molecule has 226 valence electrons. The van der Waals surface area contributed by atoms with E-state index in [4.69, 9.17) is 0 Å². The second kappa shape index (κ2) is 17.2. The molecule has 0 saturated carbocycles. The molecular formula is C13H60N14Si11. The lowest BCUT2D eigenvalue weighted by molar-refractivity contribution is 0.303. The third-order valence-electron chi connectivity index (χ3n) is 8.27. The summed E-state index contributed by atoms with van der Waals surface area (Å²) < 4.78 is 32.2. The van der Waals surface area contributed by atoms with Gasteiger partial charge in [0.05, 0.1) is 29.0 Å². The molecular weight excluding hydrogens is 661 g/mol. The largest absolute Gasteiger partial charge is 0.364 e. The predicted octanol–water partition coefficient (Wildman–Crippen LogP) is -11.7. The summed E-state index contributed by atoms with van der Waals surface area (Å²) in [6.07, 6.45) is 0. The molecule has 5 unspecified atom stereocenters. The maximum absolute atomic E-state index is 4.23. The molecule has 2 heterocycles. The molecule has 0 spiro atoms. The van der Waals surface area contributed by atoms with Gasteiger partial charge in [-0.25, -0.2) is 0 Å². The summed E-state index contributed by atoms with van der Waals surface area (Å²) in [5.41, 5.74) is 2.84. The van der Waals surface area contributed by atoms with Crippen molar-refractivity contribution in [3.05, 3.63) is 0 Å². The van der Waals surface area contributed by atoms with Gasteiger partial charge >= 0.3 is 8.72 Å². The van der Waals surface area contributed by atoms with Crippen LogP contribution in [-0.4, -0.2) is 200 Å². The average molecular weight is 722 g/mol. The van der Waals surface area contributed by atoms with Crippen LogP contribution in [0.2, 0.25) is 17.9 Å². The van der Waals surface area contributed by atoms with Gasteiger partial charge in [0.25, 0.3) is 27.1 Å². The molecule has 2 rings (SSSR count). The van der Waals surface area contributed by atoms with Crippen LogP contribution in [0.25, 0.3) is 0 Å². The number of nitrogens with zero attached hydrogens (tertiary/aromatic N) is 6. The summed E-state index contributed by atoms with van der Waals surface area (Å²) >= 11 is 0. The highest BCUT2D eigenvalue weighted by atomic mass is 28.5. The Kier molecular flexibility index (Phi) is 16.3. The summed E-state index contributed by atoms with van der Waals surface area (Å²) in [5, 5.41) is 0. The van der Waals surface area contributed by atoms with E-state index in [1.807, 2.05) is 0 Å². The molecule has 0 aromatic rings. The summed E-state index contributed by atoms with van der Waals surface area (Å²) in [6.45, 7) is 4.49. The molecule has 2 saturated heterocycles. The van der Waals surface area contributed by atoms with Crippen LogP contribution < -0.4 is 38.5 Å². The van der Waals surface area contributed by atoms with Crippen molar-refractivity contribution in [2.45, 2.75) is 17.9 Å². The number of nitrogens with one attached hydrogen (secondary N) is 8. The Hall–Kier alpha value is 1.83. The molecule has 0 amide bonds. The zero-order valence-electron chi connectivity index (χ0n) is 26.1. The second-order valence-electron chi connectivity index (χ2n) is 10.9. The van der Waals surface area contributed by atoms with E-state index in [2.05, 4.69) is 128 Å². The van der Waals surface area contributed by atoms with Crippen LogP contribution in [0.1, 0.15) is 0 Å². The fourth-order valence-corrected chi connectivity index (χ4v) is 55.3. The van der Waals surface area contributed by atoms with E-state index < -0.39 is 64.5 Å². The zero-order valence-corrected chi connectivity index (χ0v) is 41.2. The number of hydrogen-bond acceptors (Lipinski definition) is 14. The summed E-state index contributed by atoms with van der Waals surface area (Å²) in [5.74, 6) is 0. The SMILES string of the molecule is CN[SiH](N(C)CN(C)[Si](NC)(N[SiH3])N(C)C)N1[SiH2]N[Si](C[SiH3])(NC)N(CN[SiH]2N[SiH2]C[SiH](C)N[SiH2]N2C)[SiH2]1. The molecule has 0 aliphatic carbocycles. The fraction of sp³-hybridized carbons (Fsp3) is 1.00. The van der Waals surface area contributed by atoms with Crippen LogP contribution in [0.5, 0.6) is 0 Å². The highest BCUT2D eigenvalue weighted by Gasteiger charge is 2.45. The Morgan fingerprint density at radius 3 is 2.42 bits per heavy atom. The molecule has 0 aromatic heterocycles. The van der Waals surface area contributed by atoms with Crippen molar-refractivity contribution in [1.29, 1.82) is 0 Å². The van der Waals surface area contributed by atoms with E-state index in [9.17, 15) is 0 Å². The van der Waals surface area contributed by atoms with Crippen molar-refractivity contribution in [2.24, 2.45) is 0 Å². The topological polar surface area (TPSA) is 116 Å². The monoisotopic (exact) mass is 720 g/mol. The molecule has 8 N–H and O–H groups in total. The molecule has 0 bridgehead atoms. The van der Waals surface area contributed by atoms with E-state index in [0.717, 1.165) is 23.7 Å². The summed E-state index contributed by atoms with van der Waals surface area (Å²) in [4.78, 5) is 15.5. The molecule has 0 aromatic carbocycles. The minimum atomic E-state index is -2.05. The van der Waals surface area contributed by atoms with Gasteiger partial charge in [-0.1, -0.05) is 6.55 Å². The van der Waals surface area contributed by atoms with Gasteiger partial charge in [0.2, 0.25) is 0 Å². The quantitative estimate of drug-likeness (QED) is 0.0642. The third-order valence-corrected chi connectivity index (χ3v) is 47.8. The molecule has 14 nitrogen and oxygen atoms in total. The molecule has 5 atom stereocenters. The summed E-state index contributed by atoms with van der Waals surface area (Å²) in [7, 11) is 11.4. The molecule has 38 heavy (non-hydrogen) atoms. The third kappa shape index (κ3) is 8.92. The number of rotatable bonds is 14. The van der Waals surface area contributed by atoms with E-state index in [0.29, 0.717) is 0 Å². The minimum Gasteiger partial charge on any atom is -0.355 e. The Balaban J connectivity index is 2.13. The van der Waals surface area contributed by atoms with Crippen LogP contribution in [0.4, 0.5) is 0 Å². The van der Waals surface area contributed by atoms with Crippen molar-refractivity contribution in [2.75, 3.05) is 69.7 Å².